The molecule has 6 heteroatoms. The van der Waals surface area contributed by atoms with Crippen LogP contribution in [0.15, 0.2) is 0 Å². The molecule has 6 nitrogen and oxygen atoms in total. The summed E-state index contributed by atoms with van der Waals surface area (Å²) in [5.74, 6) is 0. The average Bonchev–Trinajstić information content (AvgIpc) is 3.08. The van der Waals surface area contributed by atoms with Crippen LogP contribution in [0.1, 0.15) is 52.9 Å². The Balaban J connectivity index is 1.50. The van der Waals surface area contributed by atoms with Gasteiger partial charge in [0.05, 0.1) is 12.7 Å². The Morgan fingerprint density at radius 1 is 1.04 bits per heavy atom. The lowest BCUT2D eigenvalue weighted by molar-refractivity contribution is 0.0247. The number of piperazine rings is 2. The first kappa shape index (κ1) is 21.5. The molecule has 0 aromatic rings. The van der Waals surface area contributed by atoms with E-state index in [1.807, 2.05) is 0 Å². The summed E-state index contributed by atoms with van der Waals surface area (Å²) in [6, 6.07) is 1.80. The summed E-state index contributed by atoms with van der Waals surface area (Å²) in [4.78, 5) is 7.59. The lowest BCUT2D eigenvalue weighted by Gasteiger charge is -2.49. The molecule has 0 radical (unpaired) electrons. The predicted molar refractivity (Wildman–Crippen MR) is 110 cm³/mol. The molecule has 2 saturated heterocycles. The Kier molecular flexibility index (Phi) is 7.56. The van der Waals surface area contributed by atoms with Crippen molar-refractivity contribution >= 4 is 0 Å². The van der Waals surface area contributed by atoms with E-state index in [9.17, 15) is 5.11 Å². The van der Waals surface area contributed by atoms with Crippen molar-refractivity contribution in [3.8, 4) is 0 Å². The van der Waals surface area contributed by atoms with Crippen LogP contribution in [0.5, 0.6) is 0 Å². The minimum absolute atomic E-state index is 0.141. The first-order valence-corrected chi connectivity index (χ1v) is 11.2. The van der Waals surface area contributed by atoms with E-state index in [2.05, 4.69) is 40.8 Å². The van der Waals surface area contributed by atoms with E-state index in [1.54, 1.807) is 0 Å². The van der Waals surface area contributed by atoms with E-state index in [4.69, 9.17) is 5.11 Å². The maximum absolute atomic E-state index is 9.65. The predicted octanol–water partition coefficient (Wildman–Crippen LogP) is 0.731. The number of aliphatic hydroxyl groups is 2. The molecule has 3 N–H and O–H groups in total. The van der Waals surface area contributed by atoms with Crippen LogP contribution in [0.25, 0.3) is 0 Å². The zero-order valence-electron chi connectivity index (χ0n) is 17.7. The van der Waals surface area contributed by atoms with Crippen LogP contribution in [-0.4, -0.2) is 107 Å². The molecule has 1 aliphatic carbocycles. The standard InChI is InChI=1S/C21H42N4O2/c1-17(2)25-13-19(22-21(16-25)6-4-5-7-21)12-18(3)24-10-8-23(9-11-24)14-20(27)15-26/h17-20,22,26-27H,4-16H2,1-3H3. The van der Waals surface area contributed by atoms with Crippen LogP contribution in [0.3, 0.4) is 0 Å². The third kappa shape index (κ3) is 5.64. The molecule has 2 heterocycles. The van der Waals surface area contributed by atoms with Gasteiger partial charge in [-0.3, -0.25) is 14.7 Å². The van der Waals surface area contributed by atoms with Gasteiger partial charge in [-0.25, -0.2) is 0 Å². The monoisotopic (exact) mass is 382 g/mol. The third-order valence-corrected chi connectivity index (χ3v) is 7.10. The van der Waals surface area contributed by atoms with E-state index in [0.29, 0.717) is 30.2 Å². The second kappa shape index (κ2) is 9.51. The molecular weight excluding hydrogens is 340 g/mol. The molecule has 3 atom stereocenters. The second-order valence-corrected chi connectivity index (χ2v) is 9.61. The highest BCUT2D eigenvalue weighted by molar-refractivity contribution is 5.02. The molecule has 3 fully saturated rings. The van der Waals surface area contributed by atoms with E-state index < -0.39 is 6.10 Å². The van der Waals surface area contributed by atoms with Crippen molar-refractivity contribution in [2.45, 2.75) is 82.6 Å². The topological polar surface area (TPSA) is 62.2 Å². The van der Waals surface area contributed by atoms with E-state index >= 15 is 0 Å². The molecule has 0 amide bonds. The van der Waals surface area contributed by atoms with Crippen LogP contribution in [-0.2, 0) is 0 Å². The molecule has 3 aliphatic rings. The van der Waals surface area contributed by atoms with Crippen LogP contribution >= 0.6 is 0 Å². The van der Waals surface area contributed by atoms with Crippen LogP contribution in [0, 0.1) is 0 Å². The second-order valence-electron chi connectivity index (χ2n) is 9.61. The van der Waals surface area contributed by atoms with Gasteiger partial charge in [-0.15, -0.1) is 0 Å². The molecular formula is C21H42N4O2. The van der Waals surface area contributed by atoms with Gasteiger partial charge in [-0.05, 0) is 40.0 Å². The summed E-state index contributed by atoms with van der Waals surface area (Å²) in [6.07, 6.45) is 6.04. The van der Waals surface area contributed by atoms with Crippen molar-refractivity contribution in [1.82, 2.24) is 20.0 Å². The highest BCUT2D eigenvalue weighted by Crippen LogP contribution is 2.34. The number of nitrogens with one attached hydrogen (secondary N) is 1. The Hall–Kier alpha value is -0.240. The number of rotatable bonds is 7. The molecule has 3 unspecified atom stereocenters. The van der Waals surface area contributed by atoms with Gasteiger partial charge in [0.2, 0.25) is 0 Å². The van der Waals surface area contributed by atoms with Gasteiger partial charge >= 0.3 is 0 Å². The highest BCUT2D eigenvalue weighted by atomic mass is 16.3. The van der Waals surface area contributed by atoms with Gasteiger partial charge < -0.3 is 15.5 Å². The summed E-state index contributed by atoms with van der Waals surface area (Å²) in [5.41, 5.74) is 0.367. The number of hydrogen-bond acceptors (Lipinski definition) is 6. The van der Waals surface area contributed by atoms with Crippen LogP contribution in [0.4, 0.5) is 0 Å². The average molecular weight is 383 g/mol. The summed E-state index contributed by atoms with van der Waals surface area (Å²) in [6.45, 7) is 14.0. The quantitative estimate of drug-likeness (QED) is 0.603. The van der Waals surface area contributed by atoms with E-state index in [1.165, 1.54) is 45.2 Å². The summed E-state index contributed by atoms with van der Waals surface area (Å²) >= 11 is 0. The zero-order chi connectivity index (χ0) is 19.4. The molecule has 3 rings (SSSR count). The number of nitrogens with zero attached hydrogens (tertiary/aromatic N) is 3. The summed E-state index contributed by atoms with van der Waals surface area (Å²) in [5, 5.41) is 22.8. The van der Waals surface area contributed by atoms with Crippen molar-refractivity contribution < 1.29 is 10.2 Å². The van der Waals surface area contributed by atoms with E-state index in [0.717, 1.165) is 26.2 Å². The largest absolute Gasteiger partial charge is 0.394 e. The maximum Gasteiger partial charge on any atom is 0.0897 e. The molecule has 0 aromatic heterocycles. The highest BCUT2D eigenvalue weighted by Gasteiger charge is 2.42. The van der Waals surface area contributed by atoms with Crippen LogP contribution < -0.4 is 5.32 Å². The van der Waals surface area contributed by atoms with Gasteiger partial charge in [-0.1, -0.05) is 12.8 Å². The first-order valence-electron chi connectivity index (χ1n) is 11.2. The van der Waals surface area contributed by atoms with Crippen molar-refractivity contribution in [3.63, 3.8) is 0 Å². The lowest BCUT2D eigenvalue weighted by atomic mass is 9.89. The fourth-order valence-electron chi connectivity index (χ4n) is 5.45. The molecule has 2 aliphatic heterocycles. The van der Waals surface area contributed by atoms with Crippen molar-refractivity contribution in [2.75, 3.05) is 52.4 Å². The minimum Gasteiger partial charge on any atom is -0.394 e. The molecule has 1 saturated carbocycles. The van der Waals surface area contributed by atoms with Crippen molar-refractivity contribution in [3.05, 3.63) is 0 Å². The SMILES string of the molecule is CC(C)N1CC(CC(C)N2CCN(CC(O)CO)CC2)NC2(CCCC2)C1. The normalized spacial score (nSPS) is 30.2. The molecule has 1 spiro atoms. The van der Waals surface area contributed by atoms with Gasteiger partial charge in [0.1, 0.15) is 0 Å². The number of β-amino-alcohol motifs (C(OH)–C–C–N with tert-alkyl or cyclic N) is 1. The summed E-state index contributed by atoms with van der Waals surface area (Å²) in [7, 11) is 0. The van der Waals surface area contributed by atoms with Crippen molar-refractivity contribution in [1.29, 1.82) is 0 Å². The first-order chi connectivity index (χ1) is 12.9. The molecule has 0 bridgehead atoms. The van der Waals surface area contributed by atoms with Gasteiger partial charge in [0.25, 0.3) is 0 Å². The van der Waals surface area contributed by atoms with Gasteiger partial charge in [-0.2, -0.15) is 0 Å². The lowest BCUT2D eigenvalue weighted by Crippen LogP contribution is -2.65. The van der Waals surface area contributed by atoms with Gasteiger partial charge in [0.15, 0.2) is 0 Å². The fourth-order valence-corrected chi connectivity index (χ4v) is 5.45. The molecule has 158 valence electrons. The number of hydrogen-bond donors (Lipinski definition) is 3. The van der Waals surface area contributed by atoms with Crippen molar-refractivity contribution in [2.24, 2.45) is 0 Å². The minimum atomic E-state index is -0.606. The maximum atomic E-state index is 9.65. The smallest absolute Gasteiger partial charge is 0.0897 e. The molecule has 0 aromatic carbocycles. The Labute approximate surface area is 165 Å². The van der Waals surface area contributed by atoms with E-state index in [-0.39, 0.29) is 6.61 Å². The Morgan fingerprint density at radius 3 is 2.30 bits per heavy atom. The fraction of sp³-hybridized carbons (Fsp3) is 1.00. The number of aliphatic hydroxyl groups excluding tert-OH is 2. The third-order valence-electron chi connectivity index (χ3n) is 7.10. The van der Waals surface area contributed by atoms with Gasteiger partial charge in [0, 0.05) is 69.5 Å². The summed E-state index contributed by atoms with van der Waals surface area (Å²) < 4.78 is 0. The van der Waals surface area contributed by atoms with Crippen LogP contribution in [0.2, 0.25) is 0 Å². The Morgan fingerprint density at radius 2 is 1.70 bits per heavy atom. The Bertz CT molecular complexity index is 447. The zero-order valence-corrected chi connectivity index (χ0v) is 17.7. The molecule has 27 heavy (non-hydrogen) atoms.